The number of hydrogen-bond acceptors (Lipinski definition) is 10. The predicted octanol–water partition coefficient (Wildman–Crippen LogP) is 7.65. The summed E-state index contributed by atoms with van der Waals surface area (Å²) < 4.78 is 26.3. The van der Waals surface area contributed by atoms with Crippen molar-refractivity contribution in [3.05, 3.63) is 65.2 Å². The third-order valence-corrected chi connectivity index (χ3v) is 11.5. The third kappa shape index (κ3) is 6.12. The Hall–Kier alpha value is -3.54. The highest BCUT2D eigenvalue weighted by atomic mass is 32.2. The van der Waals surface area contributed by atoms with E-state index in [1.807, 2.05) is 24.5 Å². The van der Waals surface area contributed by atoms with E-state index in [2.05, 4.69) is 46.5 Å². The summed E-state index contributed by atoms with van der Waals surface area (Å²) in [6.45, 7) is 7.69. The van der Waals surface area contributed by atoms with Gasteiger partial charge in [0.25, 0.3) is 0 Å². The molecule has 9 nitrogen and oxygen atoms in total. The van der Waals surface area contributed by atoms with Gasteiger partial charge in [0, 0.05) is 60.8 Å². The molecule has 8 rings (SSSR count). The maximum atomic E-state index is 13.6. The van der Waals surface area contributed by atoms with Crippen LogP contribution in [0.4, 0.5) is 5.82 Å². The molecular weight excluding hydrogens is 617 g/mol. The minimum Gasteiger partial charge on any atom is -0.421 e. The summed E-state index contributed by atoms with van der Waals surface area (Å²) in [5.41, 5.74) is 6.02. The van der Waals surface area contributed by atoms with E-state index in [0.717, 1.165) is 106 Å². The van der Waals surface area contributed by atoms with Gasteiger partial charge in [0.15, 0.2) is 0 Å². The number of thiophene rings is 1. The Labute approximate surface area is 276 Å². The van der Waals surface area contributed by atoms with Gasteiger partial charge < -0.3 is 14.5 Å². The molecule has 7 heterocycles. The van der Waals surface area contributed by atoms with Crippen LogP contribution in [0.1, 0.15) is 80.5 Å². The highest BCUT2D eigenvalue weighted by Gasteiger charge is 2.33. The van der Waals surface area contributed by atoms with Crippen LogP contribution in [0.2, 0.25) is 0 Å². The monoisotopic (exact) mass is 656 g/mol. The van der Waals surface area contributed by atoms with E-state index in [1.54, 1.807) is 18.3 Å². The summed E-state index contributed by atoms with van der Waals surface area (Å²) in [5, 5.41) is 13.5. The molecule has 11 heteroatoms. The largest absolute Gasteiger partial charge is 0.421 e. The molecule has 2 atom stereocenters. The van der Waals surface area contributed by atoms with E-state index in [4.69, 9.17) is 19.1 Å². The van der Waals surface area contributed by atoms with E-state index >= 15 is 0 Å². The molecule has 2 aliphatic heterocycles. The SMILES string of the molecule is CCC.Cc1nnc(-c2c(CCC3CCOCC3)nc3c(c2-c2cc4ccnc(NC5CCc6ncccc65)c4s2)S(=O)CC3)o1. The zero-order valence-electron chi connectivity index (χ0n) is 26.7. The van der Waals surface area contributed by atoms with Crippen LogP contribution in [0.25, 0.3) is 32.0 Å². The molecule has 46 heavy (non-hydrogen) atoms. The number of nitrogens with zero attached hydrogens (tertiary/aromatic N) is 5. The molecule has 1 aliphatic carbocycles. The van der Waals surface area contributed by atoms with E-state index in [9.17, 15) is 4.21 Å². The maximum absolute atomic E-state index is 13.6. The lowest BCUT2D eigenvalue weighted by Gasteiger charge is -2.22. The number of ether oxygens (including phenoxy) is 1. The number of rotatable bonds is 7. The van der Waals surface area contributed by atoms with Gasteiger partial charge >= 0.3 is 0 Å². The number of aryl methyl sites for hydroxylation is 4. The van der Waals surface area contributed by atoms with Crippen molar-refractivity contribution in [1.82, 2.24) is 25.1 Å². The van der Waals surface area contributed by atoms with Crippen LogP contribution >= 0.6 is 11.3 Å². The van der Waals surface area contributed by atoms with Gasteiger partial charge in [-0.1, -0.05) is 26.3 Å². The molecule has 0 aromatic carbocycles. The number of anilines is 1. The van der Waals surface area contributed by atoms with Crippen molar-refractivity contribution in [1.29, 1.82) is 0 Å². The van der Waals surface area contributed by atoms with Crippen molar-refractivity contribution in [2.24, 2.45) is 5.92 Å². The van der Waals surface area contributed by atoms with Crippen molar-refractivity contribution in [3.63, 3.8) is 0 Å². The molecule has 0 radical (unpaired) electrons. The van der Waals surface area contributed by atoms with Crippen molar-refractivity contribution in [2.75, 3.05) is 24.3 Å². The van der Waals surface area contributed by atoms with Gasteiger partial charge in [-0.2, -0.15) is 0 Å². The van der Waals surface area contributed by atoms with Crippen molar-refractivity contribution in [2.45, 2.75) is 83.1 Å². The van der Waals surface area contributed by atoms with Gasteiger partial charge in [-0.25, -0.2) is 4.98 Å². The second-order valence-corrected chi connectivity index (χ2v) is 14.8. The number of aromatic nitrogens is 5. The first-order chi connectivity index (χ1) is 22.5. The lowest BCUT2D eigenvalue weighted by molar-refractivity contribution is 0.0639. The fourth-order valence-electron chi connectivity index (χ4n) is 6.72. The minimum atomic E-state index is -1.16. The summed E-state index contributed by atoms with van der Waals surface area (Å²) in [6, 6.07) is 8.56. The first-order valence-corrected chi connectivity index (χ1v) is 18.6. The Bertz CT molecular complexity index is 1880. The lowest BCUT2D eigenvalue weighted by Crippen LogP contribution is -2.16. The Kier molecular flexibility index (Phi) is 9.24. The summed E-state index contributed by atoms with van der Waals surface area (Å²) in [7, 11) is -1.16. The predicted molar refractivity (Wildman–Crippen MR) is 183 cm³/mol. The molecule has 0 bridgehead atoms. The van der Waals surface area contributed by atoms with Crippen LogP contribution in [0, 0.1) is 12.8 Å². The van der Waals surface area contributed by atoms with Gasteiger partial charge in [0.2, 0.25) is 11.8 Å². The molecule has 0 amide bonds. The van der Waals surface area contributed by atoms with Gasteiger partial charge in [0.1, 0.15) is 5.82 Å². The molecule has 5 aromatic rings. The van der Waals surface area contributed by atoms with Gasteiger partial charge in [-0.05, 0) is 73.6 Å². The van der Waals surface area contributed by atoms with Crippen LogP contribution in [0.3, 0.4) is 0 Å². The Morgan fingerprint density at radius 2 is 1.87 bits per heavy atom. The minimum absolute atomic E-state index is 0.166. The summed E-state index contributed by atoms with van der Waals surface area (Å²) in [5.74, 6) is 2.97. The standard InChI is InChI=1S/C32H32N6O3S2.C3H8/c1-18-37-38-32(41-18)27-24(5-4-19-9-14-40-15-10-19)35-25-11-16-43(39)30(25)28(27)26-17-20-8-13-34-31(29(20)42-26)36-23-7-6-22-21(23)3-2-12-33-22;1-3-2/h2-3,8,12-13,17,19,23H,4-7,9-11,14-16H2,1H3,(H,34,36);3H2,1-2H3. The molecule has 1 saturated heterocycles. The van der Waals surface area contributed by atoms with Crippen LogP contribution < -0.4 is 5.32 Å². The highest BCUT2D eigenvalue weighted by Crippen LogP contribution is 2.47. The number of fused-ring (bicyclic) bond motifs is 3. The van der Waals surface area contributed by atoms with Crippen LogP contribution in [-0.4, -0.2) is 48.3 Å². The first-order valence-electron chi connectivity index (χ1n) is 16.5. The quantitative estimate of drug-likeness (QED) is 0.189. The van der Waals surface area contributed by atoms with Crippen molar-refractivity contribution in [3.8, 4) is 21.9 Å². The van der Waals surface area contributed by atoms with Gasteiger partial charge in [-0.3, -0.25) is 14.2 Å². The fourth-order valence-corrected chi connectivity index (χ4v) is 9.38. The van der Waals surface area contributed by atoms with E-state index < -0.39 is 10.8 Å². The number of pyridine rings is 3. The molecule has 0 saturated carbocycles. The molecule has 240 valence electrons. The second-order valence-electron chi connectivity index (χ2n) is 12.3. The topological polar surface area (TPSA) is 116 Å². The Morgan fingerprint density at radius 1 is 1.02 bits per heavy atom. The normalized spacial score (nSPS) is 19.1. The number of nitrogens with one attached hydrogen (secondary N) is 1. The Balaban J connectivity index is 0.00000109. The summed E-state index contributed by atoms with van der Waals surface area (Å²) in [6.07, 6.45) is 11.6. The molecule has 2 unspecified atom stereocenters. The molecule has 1 N–H and O–H groups in total. The smallest absolute Gasteiger partial charge is 0.250 e. The fraction of sp³-hybridized carbons (Fsp3) is 0.457. The van der Waals surface area contributed by atoms with Crippen LogP contribution in [0.15, 0.2) is 46.0 Å². The molecule has 5 aromatic heterocycles. The van der Waals surface area contributed by atoms with Crippen molar-refractivity contribution < 1.29 is 13.4 Å². The van der Waals surface area contributed by atoms with Gasteiger partial charge in [0.05, 0.1) is 43.4 Å². The maximum Gasteiger partial charge on any atom is 0.250 e. The molecule has 1 fully saturated rings. The highest BCUT2D eigenvalue weighted by molar-refractivity contribution is 7.85. The van der Waals surface area contributed by atoms with E-state index in [1.165, 1.54) is 12.0 Å². The number of hydrogen-bond donors (Lipinski definition) is 1. The lowest BCUT2D eigenvalue weighted by atomic mass is 9.91. The summed E-state index contributed by atoms with van der Waals surface area (Å²) in [4.78, 5) is 16.3. The van der Waals surface area contributed by atoms with Crippen LogP contribution in [-0.2, 0) is 34.8 Å². The first kappa shape index (κ1) is 31.1. The Morgan fingerprint density at radius 3 is 2.67 bits per heavy atom. The average Bonchev–Trinajstić information content (AvgIpc) is 3.87. The van der Waals surface area contributed by atoms with Crippen molar-refractivity contribution >= 4 is 38.0 Å². The zero-order valence-corrected chi connectivity index (χ0v) is 28.3. The molecule has 0 spiro atoms. The average molecular weight is 657 g/mol. The molecule has 3 aliphatic rings. The zero-order chi connectivity index (χ0) is 31.6. The van der Waals surface area contributed by atoms with E-state index in [-0.39, 0.29) is 6.04 Å². The summed E-state index contributed by atoms with van der Waals surface area (Å²) >= 11 is 1.67. The molecular formula is C35H40N6O3S2. The second kappa shape index (κ2) is 13.7. The van der Waals surface area contributed by atoms with Crippen LogP contribution in [0.5, 0.6) is 0 Å². The third-order valence-electron chi connectivity index (χ3n) is 8.88. The van der Waals surface area contributed by atoms with E-state index in [0.29, 0.717) is 29.9 Å². The van der Waals surface area contributed by atoms with Gasteiger partial charge in [-0.15, -0.1) is 21.5 Å².